The Morgan fingerprint density at radius 3 is 2.62 bits per heavy atom. The van der Waals surface area contributed by atoms with Crippen LogP contribution >= 0.6 is 11.3 Å². The van der Waals surface area contributed by atoms with Crippen molar-refractivity contribution in [2.75, 3.05) is 36.5 Å². The van der Waals surface area contributed by atoms with E-state index in [1.807, 2.05) is 11.8 Å². The highest BCUT2D eigenvalue weighted by Gasteiger charge is 2.31. The van der Waals surface area contributed by atoms with Crippen molar-refractivity contribution in [3.63, 3.8) is 0 Å². The Kier molecular flexibility index (Phi) is 6.63. The summed E-state index contributed by atoms with van der Waals surface area (Å²) in [5.74, 6) is -0.389. The quantitative estimate of drug-likeness (QED) is 0.764. The number of carbonyl (C=O) groups excluding carboxylic acids is 1. The van der Waals surface area contributed by atoms with Crippen LogP contribution in [0.1, 0.15) is 24.1 Å². The maximum atomic E-state index is 13.1. The number of nitrogens with one attached hydrogen (secondary N) is 1. The van der Waals surface area contributed by atoms with Gasteiger partial charge in [0.1, 0.15) is 0 Å². The van der Waals surface area contributed by atoms with Crippen molar-refractivity contribution in [3.05, 3.63) is 44.5 Å². The van der Waals surface area contributed by atoms with Gasteiger partial charge in [-0.2, -0.15) is 13.2 Å². The summed E-state index contributed by atoms with van der Waals surface area (Å²) < 4.78 is 46.3. The summed E-state index contributed by atoms with van der Waals surface area (Å²) in [7, 11) is 0. The minimum Gasteiger partial charge on any atom is -0.378 e. The van der Waals surface area contributed by atoms with Crippen LogP contribution in [0.5, 0.6) is 0 Å². The van der Waals surface area contributed by atoms with Gasteiger partial charge in [-0.05, 0) is 31.5 Å². The van der Waals surface area contributed by atoms with Crippen molar-refractivity contribution >= 4 is 28.6 Å². The number of aryl methyl sites for hydroxylation is 1. The summed E-state index contributed by atoms with van der Waals surface area (Å²) in [6, 6.07) is 3.38. The zero-order valence-corrected chi connectivity index (χ0v) is 16.7. The van der Waals surface area contributed by atoms with E-state index in [0.717, 1.165) is 29.2 Å². The molecule has 0 radical (unpaired) electrons. The number of nitrogens with zero attached hydrogens (tertiary/aromatic N) is 2. The molecule has 29 heavy (non-hydrogen) atoms. The number of amides is 1. The molecule has 0 unspecified atom stereocenters. The van der Waals surface area contributed by atoms with Crippen molar-refractivity contribution in [2.24, 2.45) is 0 Å². The van der Waals surface area contributed by atoms with Crippen molar-refractivity contribution in [2.45, 2.75) is 32.5 Å². The highest BCUT2D eigenvalue weighted by molar-refractivity contribution is 7.07. The molecule has 1 aromatic heterocycles. The number of anilines is 2. The number of aromatic nitrogens is 1. The molecule has 1 aliphatic heterocycles. The molecule has 0 saturated carbocycles. The van der Waals surface area contributed by atoms with Gasteiger partial charge >= 0.3 is 11.0 Å². The van der Waals surface area contributed by atoms with Gasteiger partial charge in [-0.25, -0.2) is 0 Å². The zero-order chi connectivity index (χ0) is 21.0. The van der Waals surface area contributed by atoms with Crippen molar-refractivity contribution < 1.29 is 22.7 Å². The Hall–Kier alpha value is -2.33. The number of benzene rings is 1. The summed E-state index contributed by atoms with van der Waals surface area (Å²) in [5, 5.41) is 4.37. The molecule has 10 heteroatoms. The molecular formula is C19H22F3N3O3S. The first kappa shape index (κ1) is 21.4. The molecule has 2 heterocycles. The van der Waals surface area contributed by atoms with E-state index in [1.165, 1.54) is 6.07 Å². The number of hydrogen-bond acceptors (Lipinski definition) is 5. The molecule has 0 aliphatic carbocycles. The molecule has 1 amide bonds. The lowest BCUT2D eigenvalue weighted by molar-refractivity contribution is -0.137. The van der Waals surface area contributed by atoms with Crippen LogP contribution in [0, 0.1) is 6.92 Å². The standard InChI is InChI=1S/C19H22F3N3O3S/c1-13-12-29-18(27)25(13)6-2-3-17(26)23-15-11-14(19(20,21)22)4-5-16(15)24-7-9-28-10-8-24/h4-5,11-12H,2-3,6-10H2,1H3,(H,23,26). The van der Waals surface area contributed by atoms with Crippen LogP contribution < -0.4 is 15.1 Å². The summed E-state index contributed by atoms with van der Waals surface area (Å²) in [4.78, 5) is 25.9. The lowest BCUT2D eigenvalue weighted by Crippen LogP contribution is -2.36. The van der Waals surface area contributed by atoms with Gasteiger partial charge in [0.05, 0.1) is 30.2 Å². The van der Waals surface area contributed by atoms with E-state index < -0.39 is 11.7 Å². The fourth-order valence-electron chi connectivity index (χ4n) is 3.18. The monoisotopic (exact) mass is 429 g/mol. The average molecular weight is 429 g/mol. The highest BCUT2D eigenvalue weighted by atomic mass is 32.1. The van der Waals surface area contributed by atoms with E-state index in [-0.39, 0.29) is 22.9 Å². The topological polar surface area (TPSA) is 63.6 Å². The van der Waals surface area contributed by atoms with Crippen LogP contribution in [-0.2, 0) is 22.3 Å². The van der Waals surface area contributed by atoms with Gasteiger partial charge in [-0.3, -0.25) is 9.59 Å². The first-order valence-electron chi connectivity index (χ1n) is 9.24. The summed E-state index contributed by atoms with van der Waals surface area (Å²) in [6.45, 7) is 4.23. The Morgan fingerprint density at radius 2 is 2.00 bits per heavy atom. The molecule has 0 spiro atoms. The first-order chi connectivity index (χ1) is 13.8. The molecule has 0 atom stereocenters. The number of hydrogen-bond donors (Lipinski definition) is 1. The second-order valence-corrected chi connectivity index (χ2v) is 7.60. The number of morpholine rings is 1. The van der Waals surface area contributed by atoms with E-state index in [1.54, 1.807) is 9.95 Å². The van der Waals surface area contributed by atoms with Crippen molar-refractivity contribution in [1.29, 1.82) is 0 Å². The summed E-state index contributed by atoms with van der Waals surface area (Å²) in [5.41, 5.74) is 0.688. The number of alkyl halides is 3. The number of carbonyl (C=O) groups is 1. The van der Waals surface area contributed by atoms with Gasteiger partial charge in [0, 0.05) is 37.1 Å². The zero-order valence-electron chi connectivity index (χ0n) is 15.9. The first-order valence-corrected chi connectivity index (χ1v) is 10.1. The fourth-order valence-corrected chi connectivity index (χ4v) is 3.94. The lowest BCUT2D eigenvalue weighted by Gasteiger charge is -2.31. The molecule has 158 valence electrons. The molecule has 2 aromatic rings. The smallest absolute Gasteiger partial charge is 0.378 e. The Labute approximate surface area is 169 Å². The van der Waals surface area contributed by atoms with E-state index in [4.69, 9.17) is 4.74 Å². The van der Waals surface area contributed by atoms with Crippen LogP contribution in [0.4, 0.5) is 24.5 Å². The van der Waals surface area contributed by atoms with E-state index in [9.17, 15) is 22.8 Å². The molecule has 0 bridgehead atoms. The number of ether oxygens (including phenoxy) is 1. The van der Waals surface area contributed by atoms with Crippen LogP contribution in [0.2, 0.25) is 0 Å². The minimum atomic E-state index is -4.50. The van der Waals surface area contributed by atoms with E-state index in [2.05, 4.69) is 5.32 Å². The molecule has 1 aliphatic rings. The lowest BCUT2D eigenvalue weighted by atomic mass is 10.1. The molecule has 3 rings (SSSR count). The molecule has 1 N–H and O–H groups in total. The van der Waals surface area contributed by atoms with Crippen molar-refractivity contribution in [1.82, 2.24) is 4.57 Å². The summed E-state index contributed by atoms with van der Waals surface area (Å²) in [6.07, 6.45) is -3.99. The molecule has 1 aromatic carbocycles. The average Bonchev–Trinajstić information content (AvgIpc) is 3.00. The van der Waals surface area contributed by atoms with Crippen molar-refractivity contribution in [3.8, 4) is 0 Å². The third-order valence-electron chi connectivity index (χ3n) is 4.71. The van der Waals surface area contributed by atoms with Gasteiger partial charge in [0.2, 0.25) is 5.91 Å². The van der Waals surface area contributed by atoms with Crippen LogP contribution in [0.3, 0.4) is 0 Å². The third-order valence-corrected chi connectivity index (χ3v) is 5.59. The third kappa shape index (κ3) is 5.39. The number of halogens is 3. The molecule has 1 fully saturated rings. The van der Waals surface area contributed by atoms with Crippen LogP contribution in [0.15, 0.2) is 28.4 Å². The minimum absolute atomic E-state index is 0.0876. The Bertz CT molecular complexity index is 917. The maximum Gasteiger partial charge on any atom is 0.416 e. The normalized spacial score (nSPS) is 14.8. The van der Waals surface area contributed by atoms with E-state index >= 15 is 0 Å². The number of thiazole rings is 1. The predicted molar refractivity (Wildman–Crippen MR) is 106 cm³/mol. The van der Waals surface area contributed by atoms with Crippen LogP contribution in [0.25, 0.3) is 0 Å². The van der Waals surface area contributed by atoms with Gasteiger partial charge < -0.3 is 19.5 Å². The predicted octanol–water partition coefficient (Wildman–Crippen LogP) is 3.49. The Balaban J connectivity index is 1.71. The second-order valence-electron chi connectivity index (χ2n) is 6.78. The Morgan fingerprint density at radius 1 is 1.28 bits per heavy atom. The fraction of sp³-hybridized carbons (Fsp3) is 0.474. The largest absolute Gasteiger partial charge is 0.416 e. The number of rotatable bonds is 6. The molecular weight excluding hydrogens is 407 g/mol. The van der Waals surface area contributed by atoms with E-state index in [0.29, 0.717) is 45.0 Å². The SMILES string of the molecule is Cc1csc(=O)n1CCCC(=O)Nc1cc(C(F)(F)F)ccc1N1CCOCC1. The van der Waals surface area contributed by atoms with Gasteiger partial charge in [0.25, 0.3) is 0 Å². The van der Waals surface area contributed by atoms with Gasteiger partial charge in [0.15, 0.2) is 0 Å². The molecule has 1 saturated heterocycles. The van der Waals surface area contributed by atoms with Gasteiger partial charge in [-0.1, -0.05) is 11.3 Å². The van der Waals surface area contributed by atoms with Crippen LogP contribution in [-0.4, -0.2) is 36.8 Å². The highest BCUT2D eigenvalue weighted by Crippen LogP contribution is 2.35. The summed E-state index contributed by atoms with van der Waals surface area (Å²) >= 11 is 1.10. The second kappa shape index (κ2) is 9.00. The maximum absolute atomic E-state index is 13.1. The molecule has 6 nitrogen and oxygen atoms in total. The van der Waals surface area contributed by atoms with Gasteiger partial charge in [-0.15, -0.1) is 0 Å².